The van der Waals surface area contributed by atoms with Crippen LogP contribution in [0.25, 0.3) is 0 Å². The number of para-hydroxylation sites is 1. The Morgan fingerprint density at radius 1 is 1.16 bits per heavy atom. The van der Waals surface area contributed by atoms with Crippen molar-refractivity contribution in [1.82, 2.24) is 9.97 Å². The topological polar surface area (TPSA) is 37.8 Å². The summed E-state index contributed by atoms with van der Waals surface area (Å²) in [4.78, 5) is 9.33. The first kappa shape index (κ1) is 12.2. The van der Waals surface area contributed by atoms with Crippen molar-refractivity contribution in [3.05, 3.63) is 47.3 Å². The van der Waals surface area contributed by atoms with Crippen LogP contribution in [0.5, 0.6) is 0 Å². The zero-order chi connectivity index (χ0) is 13.2. The van der Waals surface area contributed by atoms with Gasteiger partial charge < -0.3 is 5.32 Å². The van der Waals surface area contributed by atoms with Gasteiger partial charge in [-0.3, -0.25) is 0 Å². The van der Waals surface area contributed by atoms with E-state index in [9.17, 15) is 0 Å². The maximum absolute atomic E-state index is 4.74. The number of anilines is 2. The number of hydrogen-bond acceptors (Lipinski definition) is 3. The van der Waals surface area contributed by atoms with Crippen molar-refractivity contribution >= 4 is 11.6 Å². The van der Waals surface area contributed by atoms with Gasteiger partial charge in [0.25, 0.3) is 0 Å². The summed E-state index contributed by atoms with van der Waals surface area (Å²) in [6.07, 6.45) is 3.56. The van der Waals surface area contributed by atoms with Gasteiger partial charge in [-0.1, -0.05) is 25.1 Å². The van der Waals surface area contributed by atoms with E-state index < -0.39 is 0 Å². The Balaban J connectivity index is 1.94. The molecule has 1 aromatic carbocycles. The Hall–Kier alpha value is -1.90. The van der Waals surface area contributed by atoms with Crippen LogP contribution in [-0.2, 0) is 6.42 Å². The summed E-state index contributed by atoms with van der Waals surface area (Å²) < 4.78 is 0. The zero-order valence-corrected chi connectivity index (χ0v) is 11.5. The molecule has 1 aliphatic rings. The Morgan fingerprint density at radius 3 is 2.53 bits per heavy atom. The molecule has 1 heterocycles. The minimum absolute atomic E-state index is 0.660. The molecule has 98 valence electrons. The molecule has 2 aromatic rings. The van der Waals surface area contributed by atoms with Crippen LogP contribution in [-0.4, -0.2) is 9.97 Å². The van der Waals surface area contributed by atoms with Gasteiger partial charge in [-0.15, -0.1) is 0 Å². The van der Waals surface area contributed by atoms with E-state index in [0.717, 1.165) is 23.8 Å². The van der Waals surface area contributed by atoms with Crippen LogP contribution in [0.3, 0.4) is 0 Å². The van der Waals surface area contributed by atoms with Crippen LogP contribution in [0.15, 0.2) is 30.3 Å². The molecule has 0 atom stereocenters. The van der Waals surface area contributed by atoms with Crippen molar-refractivity contribution in [3.8, 4) is 0 Å². The van der Waals surface area contributed by atoms with E-state index >= 15 is 0 Å². The second-order valence-electron chi connectivity index (χ2n) is 5.12. The van der Waals surface area contributed by atoms with Crippen LogP contribution >= 0.6 is 0 Å². The number of aromatic nitrogens is 2. The standard InChI is InChI=1S/C16H19N3/c1-3-14-11(2)17-16(19-15(14)12-9-10-12)18-13-7-5-4-6-8-13/h4-8,12H,3,9-10H2,1-2H3,(H,17,18,19). The third-order valence-electron chi connectivity index (χ3n) is 3.59. The summed E-state index contributed by atoms with van der Waals surface area (Å²) >= 11 is 0. The fraction of sp³-hybridized carbons (Fsp3) is 0.375. The molecule has 1 aromatic heterocycles. The van der Waals surface area contributed by atoms with Gasteiger partial charge in [-0.2, -0.15) is 0 Å². The lowest BCUT2D eigenvalue weighted by atomic mass is 10.1. The molecular formula is C16H19N3. The molecule has 0 radical (unpaired) electrons. The van der Waals surface area contributed by atoms with Gasteiger partial charge in [0.1, 0.15) is 0 Å². The average molecular weight is 253 g/mol. The largest absolute Gasteiger partial charge is 0.324 e. The number of hydrogen-bond donors (Lipinski definition) is 1. The van der Waals surface area contributed by atoms with Crippen molar-refractivity contribution in [3.63, 3.8) is 0 Å². The van der Waals surface area contributed by atoms with Crippen LogP contribution in [0.2, 0.25) is 0 Å². The molecule has 0 aliphatic heterocycles. The fourth-order valence-electron chi connectivity index (χ4n) is 2.46. The zero-order valence-electron chi connectivity index (χ0n) is 11.5. The Labute approximate surface area is 114 Å². The monoisotopic (exact) mass is 253 g/mol. The van der Waals surface area contributed by atoms with E-state index in [1.807, 2.05) is 30.3 Å². The third kappa shape index (κ3) is 2.60. The van der Waals surface area contributed by atoms with E-state index in [-0.39, 0.29) is 0 Å². The molecule has 1 N–H and O–H groups in total. The van der Waals surface area contributed by atoms with E-state index in [2.05, 4.69) is 24.1 Å². The van der Waals surface area contributed by atoms with Crippen LogP contribution in [0, 0.1) is 6.92 Å². The quantitative estimate of drug-likeness (QED) is 0.896. The summed E-state index contributed by atoms with van der Waals surface area (Å²) in [5, 5.41) is 3.30. The van der Waals surface area contributed by atoms with Gasteiger partial charge in [-0.25, -0.2) is 9.97 Å². The molecule has 0 amide bonds. The van der Waals surface area contributed by atoms with Crippen molar-refractivity contribution in [2.75, 3.05) is 5.32 Å². The van der Waals surface area contributed by atoms with Crippen LogP contribution in [0.4, 0.5) is 11.6 Å². The molecule has 0 bridgehead atoms. The molecule has 1 saturated carbocycles. The SMILES string of the molecule is CCc1c(C)nc(Nc2ccccc2)nc1C1CC1. The molecule has 19 heavy (non-hydrogen) atoms. The highest BCUT2D eigenvalue weighted by molar-refractivity contribution is 5.53. The molecule has 3 nitrogen and oxygen atoms in total. The summed E-state index contributed by atoms with van der Waals surface area (Å²) in [5.74, 6) is 1.38. The molecule has 3 rings (SSSR count). The van der Waals surface area contributed by atoms with Gasteiger partial charge in [0, 0.05) is 17.3 Å². The second-order valence-corrected chi connectivity index (χ2v) is 5.12. The smallest absolute Gasteiger partial charge is 0.227 e. The molecule has 3 heteroatoms. The Bertz CT molecular complexity index is 574. The summed E-state index contributed by atoms with van der Waals surface area (Å²) in [5.41, 5.74) is 4.74. The Morgan fingerprint density at radius 2 is 1.89 bits per heavy atom. The predicted octanol–water partition coefficient (Wildman–Crippen LogP) is 3.97. The predicted molar refractivity (Wildman–Crippen MR) is 77.8 cm³/mol. The highest BCUT2D eigenvalue weighted by Crippen LogP contribution is 2.41. The highest BCUT2D eigenvalue weighted by atomic mass is 15.1. The van der Waals surface area contributed by atoms with Gasteiger partial charge >= 0.3 is 0 Å². The van der Waals surface area contributed by atoms with Gasteiger partial charge in [-0.05, 0) is 43.9 Å². The molecule has 0 saturated heterocycles. The first-order valence-corrected chi connectivity index (χ1v) is 6.97. The van der Waals surface area contributed by atoms with E-state index in [1.165, 1.54) is 24.1 Å². The van der Waals surface area contributed by atoms with Gasteiger partial charge in [0.05, 0.1) is 5.69 Å². The van der Waals surface area contributed by atoms with E-state index in [0.29, 0.717) is 5.92 Å². The first-order valence-electron chi connectivity index (χ1n) is 6.97. The summed E-state index contributed by atoms with van der Waals surface area (Å²) in [6, 6.07) is 10.1. The number of aryl methyl sites for hydroxylation is 1. The highest BCUT2D eigenvalue weighted by Gasteiger charge is 2.28. The fourth-order valence-corrected chi connectivity index (χ4v) is 2.46. The lowest BCUT2D eigenvalue weighted by Crippen LogP contribution is -2.06. The van der Waals surface area contributed by atoms with Crippen molar-refractivity contribution < 1.29 is 0 Å². The first-order chi connectivity index (χ1) is 9.28. The molecule has 0 spiro atoms. The van der Waals surface area contributed by atoms with Crippen molar-refractivity contribution in [1.29, 1.82) is 0 Å². The average Bonchev–Trinajstić information content (AvgIpc) is 3.23. The van der Waals surface area contributed by atoms with Crippen LogP contribution < -0.4 is 5.32 Å². The number of nitrogens with zero attached hydrogens (tertiary/aromatic N) is 2. The maximum atomic E-state index is 4.74. The lowest BCUT2D eigenvalue weighted by molar-refractivity contribution is 0.902. The minimum Gasteiger partial charge on any atom is -0.324 e. The number of nitrogens with one attached hydrogen (secondary N) is 1. The van der Waals surface area contributed by atoms with Gasteiger partial charge in [0.15, 0.2) is 0 Å². The molecular weight excluding hydrogens is 234 g/mol. The van der Waals surface area contributed by atoms with Crippen LogP contribution in [0.1, 0.15) is 42.6 Å². The minimum atomic E-state index is 0.660. The molecule has 1 fully saturated rings. The lowest BCUT2D eigenvalue weighted by Gasteiger charge is -2.12. The molecule has 0 unspecified atom stereocenters. The Kier molecular flexibility index (Phi) is 3.20. The normalized spacial score (nSPS) is 14.4. The van der Waals surface area contributed by atoms with E-state index in [1.54, 1.807) is 0 Å². The van der Waals surface area contributed by atoms with Gasteiger partial charge in [0.2, 0.25) is 5.95 Å². The maximum Gasteiger partial charge on any atom is 0.227 e. The van der Waals surface area contributed by atoms with Crippen molar-refractivity contribution in [2.45, 2.75) is 39.0 Å². The number of benzene rings is 1. The summed E-state index contributed by atoms with van der Waals surface area (Å²) in [7, 11) is 0. The summed E-state index contributed by atoms with van der Waals surface area (Å²) in [6.45, 7) is 4.27. The third-order valence-corrected chi connectivity index (χ3v) is 3.59. The number of rotatable bonds is 4. The van der Waals surface area contributed by atoms with Crippen molar-refractivity contribution in [2.24, 2.45) is 0 Å². The molecule has 1 aliphatic carbocycles. The van der Waals surface area contributed by atoms with E-state index in [4.69, 9.17) is 4.98 Å². The second kappa shape index (κ2) is 5.00.